The van der Waals surface area contributed by atoms with Crippen molar-refractivity contribution in [3.05, 3.63) is 21.4 Å². The predicted molar refractivity (Wildman–Crippen MR) is 69.7 cm³/mol. The Balaban J connectivity index is 3.15. The summed E-state index contributed by atoms with van der Waals surface area (Å²) in [5, 5.41) is 20.7. The van der Waals surface area contributed by atoms with Crippen molar-refractivity contribution in [3.63, 3.8) is 0 Å². The van der Waals surface area contributed by atoms with Gasteiger partial charge in [0.1, 0.15) is 5.76 Å². The van der Waals surface area contributed by atoms with Crippen LogP contribution in [0.1, 0.15) is 33.6 Å². The monoisotopic (exact) mass is 285 g/mol. The smallest absolute Gasteiger partial charge is 0.320 e. The molecule has 0 aromatic heterocycles. The lowest BCUT2D eigenvalue weighted by Crippen LogP contribution is -2.36. The molecule has 1 aliphatic carbocycles. The maximum Gasteiger partial charge on any atom is 0.320 e. The molecule has 0 amide bonds. The summed E-state index contributed by atoms with van der Waals surface area (Å²) in [5.41, 5.74) is -0.585. The molecule has 1 rings (SSSR count). The van der Waals surface area contributed by atoms with E-state index in [4.69, 9.17) is 4.74 Å². The number of ether oxygens (including phenoxy) is 1. The molecule has 0 saturated heterocycles. The van der Waals surface area contributed by atoms with Crippen molar-refractivity contribution < 1.29 is 24.4 Å². The molecular weight excluding hydrogens is 266 g/mol. The fourth-order valence-electron chi connectivity index (χ4n) is 2.37. The first-order valence-corrected chi connectivity index (χ1v) is 6.41. The van der Waals surface area contributed by atoms with E-state index in [9.17, 15) is 24.8 Å². The largest absolute Gasteiger partial charge is 0.512 e. The Kier molecular flexibility index (Phi) is 4.86. The van der Waals surface area contributed by atoms with E-state index in [-0.39, 0.29) is 30.8 Å². The highest BCUT2D eigenvalue weighted by atomic mass is 16.6. The Morgan fingerprint density at radius 2 is 2.10 bits per heavy atom. The molecule has 1 N–H and O–H groups in total. The molecule has 112 valence electrons. The van der Waals surface area contributed by atoms with Crippen molar-refractivity contribution in [2.75, 3.05) is 13.2 Å². The normalized spacial score (nSPS) is 19.6. The summed E-state index contributed by atoms with van der Waals surface area (Å²) in [4.78, 5) is 33.9. The second kappa shape index (κ2) is 6.02. The van der Waals surface area contributed by atoms with Gasteiger partial charge in [0.2, 0.25) is 6.54 Å². The van der Waals surface area contributed by atoms with E-state index >= 15 is 0 Å². The van der Waals surface area contributed by atoms with Crippen LogP contribution in [0.5, 0.6) is 0 Å². The van der Waals surface area contributed by atoms with Gasteiger partial charge in [-0.1, -0.05) is 13.8 Å². The number of ketones is 1. The first-order chi connectivity index (χ1) is 9.18. The summed E-state index contributed by atoms with van der Waals surface area (Å²) in [6, 6.07) is 0. The van der Waals surface area contributed by atoms with Gasteiger partial charge in [-0.15, -0.1) is 0 Å². The minimum Gasteiger partial charge on any atom is -0.512 e. The van der Waals surface area contributed by atoms with Crippen LogP contribution in [-0.2, 0) is 14.3 Å². The maximum absolute atomic E-state index is 12.1. The van der Waals surface area contributed by atoms with Gasteiger partial charge in [0.15, 0.2) is 11.7 Å². The van der Waals surface area contributed by atoms with Gasteiger partial charge in [-0.05, 0) is 12.3 Å². The standard InChI is InChI=1S/C13H19NO6/c1-4-20-12(17)8(7-14(18)19)11-9(15)5-13(2,3)6-10(11)16/h8,15H,4-7H2,1-3H3. The summed E-state index contributed by atoms with van der Waals surface area (Å²) >= 11 is 0. The third kappa shape index (κ3) is 3.79. The van der Waals surface area contributed by atoms with Crippen LogP contribution < -0.4 is 0 Å². The number of hydrogen-bond acceptors (Lipinski definition) is 6. The van der Waals surface area contributed by atoms with Crippen LogP contribution in [0.3, 0.4) is 0 Å². The van der Waals surface area contributed by atoms with Crippen molar-refractivity contribution >= 4 is 11.8 Å². The van der Waals surface area contributed by atoms with E-state index in [2.05, 4.69) is 0 Å². The van der Waals surface area contributed by atoms with Crippen molar-refractivity contribution in [3.8, 4) is 0 Å². The second-order valence-corrected chi connectivity index (χ2v) is 5.62. The third-order valence-corrected chi connectivity index (χ3v) is 3.15. The summed E-state index contributed by atoms with van der Waals surface area (Å²) in [6.45, 7) is 4.49. The molecule has 1 aliphatic rings. The zero-order valence-electron chi connectivity index (χ0n) is 11.8. The van der Waals surface area contributed by atoms with E-state index in [0.717, 1.165) is 0 Å². The minimum atomic E-state index is -1.34. The molecule has 0 spiro atoms. The number of aliphatic hydroxyl groups is 1. The minimum absolute atomic E-state index is 0.0563. The van der Waals surface area contributed by atoms with Crippen molar-refractivity contribution in [2.45, 2.75) is 33.6 Å². The Morgan fingerprint density at radius 1 is 1.50 bits per heavy atom. The fourth-order valence-corrected chi connectivity index (χ4v) is 2.37. The molecule has 7 heteroatoms. The molecule has 0 heterocycles. The van der Waals surface area contributed by atoms with Gasteiger partial charge in [0.25, 0.3) is 0 Å². The van der Waals surface area contributed by atoms with Crippen LogP contribution in [-0.4, -0.2) is 34.9 Å². The number of Topliss-reactive ketones (excluding diaryl/α,β-unsaturated/α-hetero) is 1. The lowest BCUT2D eigenvalue weighted by atomic mass is 9.73. The number of hydrogen-bond donors (Lipinski definition) is 1. The molecule has 0 bridgehead atoms. The Labute approximate surface area is 116 Å². The van der Waals surface area contributed by atoms with Gasteiger partial charge in [0.05, 0.1) is 12.2 Å². The zero-order valence-corrected chi connectivity index (χ0v) is 11.8. The molecule has 0 aromatic rings. The Bertz CT molecular complexity index is 465. The van der Waals surface area contributed by atoms with Crippen LogP contribution >= 0.6 is 0 Å². The molecule has 0 fully saturated rings. The van der Waals surface area contributed by atoms with Crippen LogP contribution in [0.25, 0.3) is 0 Å². The van der Waals surface area contributed by atoms with Crippen LogP contribution in [0, 0.1) is 21.4 Å². The van der Waals surface area contributed by atoms with E-state index in [1.807, 2.05) is 13.8 Å². The van der Waals surface area contributed by atoms with Gasteiger partial charge >= 0.3 is 5.97 Å². The van der Waals surface area contributed by atoms with Crippen LogP contribution in [0.15, 0.2) is 11.3 Å². The van der Waals surface area contributed by atoms with Gasteiger partial charge in [-0.25, -0.2) is 0 Å². The first-order valence-electron chi connectivity index (χ1n) is 6.41. The van der Waals surface area contributed by atoms with Crippen LogP contribution in [0.4, 0.5) is 0 Å². The maximum atomic E-state index is 12.1. The molecule has 1 atom stereocenters. The number of carbonyl (C=O) groups excluding carboxylic acids is 2. The predicted octanol–water partition coefficient (Wildman–Crippen LogP) is 1.64. The number of nitro groups is 1. The number of allylic oxidation sites excluding steroid dienone is 1. The summed E-state index contributed by atoms with van der Waals surface area (Å²) in [6.07, 6.45) is 0.349. The number of esters is 1. The molecule has 0 saturated carbocycles. The van der Waals surface area contributed by atoms with E-state index in [0.29, 0.717) is 0 Å². The molecule has 0 aromatic carbocycles. The molecule has 0 radical (unpaired) electrons. The highest BCUT2D eigenvalue weighted by Crippen LogP contribution is 2.38. The average Bonchev–Trinajstić information content (AvgIpc) is 2.24. The van der Waals surface area contributed by atoms with E-state index < -0.39 is 34.6 Å². The number of carbonyl (C=O) groups is 2. The number of rotatable bonds is 5. The average molecular weight is 285 g/mol. The third-order valence-electron chi connectivity index (χ3n) is 3.15. The van der Waals surface area contributed by atoms with Gasteiger partial charge in [-0.2, -0.15) is 0 Å². The number of nitrogens with zero attached hydrogens (tertiary/aromatic N) is 1. The quantitative estimate of drug-likeness (QED) is 0.467. The lowest BCUT2D eigenvalue weighted by molar-refractivity contribution is -0.484. The highest BCUT2D eigenvalue weighted by Gasteiger charge is 2.41. The summed E-state index contributed by atoms with van der Waals surface area (Å²) in [5.74, 6) is -2.86. The molecule has 0 aliphatic heterocycles. The fraction of sp³-hybridized carbons (Fsp3) is 0.692. The van der Waals surface area contributed by atoms with Gasteiger partial charge in [-0.3, -0.25) is 19.7 Å². The van der Waals surface area contributed by atoms with Crippen molar-refractivity contribution in [2.24, 2.45) is 11.3 Å². The first kappa shape index (κ1) is 16.1. The van der Waals surface area contributed by atoms with Crippen molar-refractivity contribution in [1.82, 2.24) is 0 Å². The lowest BCUT2D eigenvalue weighted by Gasteiger charge is -2.31. The topological polar surface area (TPSA) is 107 Å². The van der Waals surface area contributed by atoms with Gasteiger partial charge in [0, 0.05) is 17.8 Å². The summed E-state index contributed by atoms with van der Waals surface area (Å²) < 4.78 is 4.77. The summed E-state index contributed by atoms with van der Waals surface area (Å²) in [7, 11) is 0. The molecule has 1 unspecified atom stereocenters. The number of aliphatic hydroxyl groups excluding tert-OH is 1. The Morgan fingerprint density at radius 3 is 2.55 bits per heavy atom. The molecule has 20 heavy (non-hydrogen) atoms. The zero-order chi connectivity index (χ0) is 15.5. The van der Waals surface area contributed by atoms with E-state index in [1.54, 1.807) is 6.92 Å². The highest BCUT2D eigenvalue weighted by molar-refractivity contribution is 6.02. The molecular formula is C13H19NO6. The Hall–Kier alpha value is -1.92. The molecule has 7 nitrogen and oxygen atoms in total. The second-order valence-electron chi connectivity index (χ2n) is 5.62. The van der Waals surface area contributed by atoms with E-state index in [1.165, 1.54) is 0 Å². The SMILES string of the molecule is CCOC(=O)C(C[N+](=O)[O-])C1=C(O)CC(C)(C)CC1=O. The van der Waals surface area contributed by atoms with Gasteiger partial charge < -0.3 is 9.84 Å². The van der Waals surface area contributed by atoms with Crippen LogP contribution in [0.2, 0.25) is 0 Å². The van der Waals surface area contributed by atoms with Crippen molar-refractivity contribution in [1.29, 1.82) is 0 Å².